The van der Waals surface area contributed by atoms with Gasteiger partial charge in [-0.15, -0.1) is 0 Å². The molecule has 1 aliphatic carbocycles. The van der Waals surface area contributed by atoms with Crippen LogP contribution in [-0.4, -0.2) is 36.3 Å². The van der Waals surface area contributed by atoms with Gasteiger partial charge in [-0.2, -0.15) is 0 Å². The van der Waals surface area contributed by atoms with E-state index in [2.05, 4.69) is 23.7 Å². The summed E-state index contributed by atoms with van der Waals surface area (Å²) in [6.07, 6.45) is 2.36. The van der Waals surface area contributed by atoms with Gasteiger partial charge in [-0.05, 0) is 33.6 Å². The van der Waals surface area contributed by atoms with Crippen LogP contribution in [0.5, 0.6) is 0 Å². The second-order valence-electron chi connectivity index (χ2n) is 5.28. The van der Waals surface area contributed by atoms with Gasteiger partial charge in [0.05, 0.1) is 12.6 Å². The van der Waals surface area contributed by atoms with E-state index in [9.17, 15) is 0 Å². The van der Waals surface area contributed by atoms with E-state index in [4.69, 9.17) is 15.5 Å². The molecule has 2 N–H and O–H groups in total. The molecule has 0 amide bonds. The van der Waals surface area contributed by atoms with Gasteiger partial charge < -0.3 is 15.4 Å². The van der Waals surface area contributed by atoms with Gasteiger partial charge in [0.25, 0.3) is 0 Å². The SMILES string of the molecule is CCN(c1nc(C2CC2)nc(N)c1C)C(C)COC. The summed E-state index contributed by atoms with van der Waals surface area (Å²) in [6.45, 7) is 7.81. The van der Waals surface area contributed by atoms with Crippen LogP contribution in [-0.2, 0) is 4.74 Å². The summed E-state index contributed by atoms with van der Waals surface area (Å²) < 4.78 is 5.25. The molecule has 106 valence electrons. The molecule has 1 unspecified atom stereocenters. The lowest BCUT2D eigenvalue weighted by Crippen LogP contribution is -2.37. The zero-order valence-corrected chi connectivity index (χ0v) is 12.3. The Bertz CT molecular complexity index is 445. The maximum absolute atomic E-state index is 6.04. The molecule has 1 fully saturated rings. The number of methoxy groups -OCH3 is 1. The van der Waals surface area contributed by atoms with Gasteiger partial charge >= 0.3 is 0 Å². The van der Waals surface area contributed by atoms with Gasteiger partial charge in [-0.25, -0.2) is 9.97 Å². The van der Waals surface area contributed by atoms with E-state index in [0.29, 0.717) is 18.3 Å². The number of nitrogens with two attached hydrogens (primary N) is 1. The van der Waals surface area contributed by atoms with Gasteiger partial charge in [0.1, 0.15) is 17.5 Å². The monoisotopic (exact) mass is 264 g/mol. The first-order valence-corrected chi connectivity index (χ1v) is 6.98. The normalized spacial score (nSPS) is 16.4. The lowest BCUT2D eigenvalue weighted by atomic mass is 10.2. The van der Waals surface area contributed by atoms with Crippen molar-refractivity contribution in [1.29, 1.82) is 0 Å². The van der Waals surface area contributed by atoms with Gasteiger partial charge in [0.2, 0.25) is 0 Å². The van der Waals surface area contributed by atoms with Gasteiger partial charge in [0, 0.05) is 25.1 Å². The van der Waals surface area contributed by atoms with Gasteiger partial charge in [-0.1, -0.05) is 0 Å². The van der Waals surface area contributed by atoms with E-state index < -0.39 is 0 Å². The molecule has 5 heteroatoms. The van der Waals surface area contributed by atoms with Crippen molar-refractivity contribution in [3.63, 3.8) is 0 Å². The molecule has 1 heterocycles. The molecule has 0 bridgehead atoms. The molecule has 0 radical (unpaired) electrons. The number of rotatable bonds is 6. The Labute approximate surface area is 115 Å². The van der Waals surface area contributed by atoms with Crippen LogP contribution in [0.25, 0.3) is 0 Å². The number of ether oxygens (including phenoxy) is 1. The Morgan fingerprint density at radius 2 is 2.11 bits per heavy atom. The predicted octanol–water partition coefficient (Wildman–Crippen LogP) is 2.11. The molecule has 0 aromatic carbocycles. The van der Waals surface area contributed by atoms with Crippen LogP contribution >= 0.6 is 0 Å². The molecule has 1 aromatic rings. The summed E-state index contributed by atoms with van der Waals surface area (Å²) in [4.78, 5) is 11.4. The lowest BCUT2D eigenvalue weighted by Gasteiger charge is -2.30. The molecule has 1 saturated carbocycles. The van der Waals surface area contributed by atoms with E-state index in [-0.39, 0.29) is 6.04 Å². The Morgan fingerprint density at radius 1 is 1.42 bits per heavy atom. The summed E-state index contributed by atoms with van der Waals surface area (Å²) in [6, 6.07) is 0.273. The van der Waals surface area contributed by atoms with Crippen LogP contribution < -0.4 is 10.6 Å². The molecule has 0 saturated heterocycles. The number of likely N-dealkylation sites (N-methyl/N-ethyl adjacent to an activating group) is 1. The molecule has 5 nitrogen and oxygen atoms in total. The molecular weight excluding hydrogens is 240 g/mol. The molecule has 1 aliphatic rings. The second kappa shape index (κ2) is 5.74. The van der Waals surface area contributed by atoms with Crippen LogP contribution in [0.2, 0.25) is 0 Å². The Hall–Kier alpha value is -1.36. The minimum absolute atomic E-state index is 0.273. The van der Waals surface area contributed by atoms with E-state index in [0.717, 1.165) is 23.8 Å². The first-order chi connectivity index (χ1) is 9.08. The Balaban J connectivity index is 2.34. The van der Waals surface area contributed by atoms with Crippen LogP contribution in [0.3, 0.4) is 0 Å². The minimum Gasteiger partial charge on any atom is -0.383 e. The van der Waals surface area contributed by atoms with Crippen molar-refractivity contribution in [3.05, 3.63) is 11.4 Å². The topological polar surface area (TPSA) is 64.3 Å². The molecular formula is C14H24N4O. The molecule has 1 aromatic heterocycles. The van der Waals surface area contributed by atoms with Crippen LogP contribution in [0.1, 0.15) is 44.0 Å². The highest BCUT2D eigenvalue weighted by molar-refractivity contribution is 5.57. The number of hydrogen-bond donors (Lipinski definition) is 1. The van der Waals surface area contributed by atoms with E-state index in [1.807, 2.05) is 6.92 Å². The molecule has 19 heavy (non-hydrogen) atoms. The first kappa shape index (κ1) is 14.1. The number of aromatic nitrogens is 2. The third kappa shape index (κ3) is 2.97. The highest BCUT2D eigenvalue weighted by Gasteiger charge is 2.29. The quantitative estimate of drug-likeness (QED) is 0.852. The Kier molecular flexibility index (Phi) is 4.24. The van der Waals surface area contributed by atoms with Crippen molar-refractivity contribution in [1.82, 2.24) is 9.97 Å². The van der Waals surface area contributed by atoms with Crippen molar-refractivity contribution < 1.29 is 4.74 Å². The predicted molar refractivity (Wildman–Crippen MR) is 77.5 cm³/mol. The average Bonchev–Trinajstić information content (AvgIpc) is 3.19. The fraction of sp³-hybridized carbons (Fsp3) is 0.714. The maximum atomic E-state index is 6.04. The zero-order valence-electron chi connectivity index (χ0n) is 12.3. The van der Waals surface area contributed by atoms with Crippen molar-refractivity contribution in [2.45, 2.75) is 45.6 Å². The maximum Gasteiger partial charge on any atom is 0.137 e. The standard InChI is InChI=1S/C14H24N4O/c1-5-18(9(2)8-19-4)14-10(3)12(15)16-13(17-14)11-6-7-11/h9,11H,5-8H2,1-4H3,(H2,15,16,17). The first-order valence-electron chi connectivity index (χ1n) is 6.98. The second-order valence-corrected chi connectivity index (χ2v) is 5.28. The largest absolute Gasteiger partial charge is 0.383 e. The zero-order chi connectivity index (χ0) is 14.0. The lowest BCUT2D eigenvalue weighted by molar-refractivity contribution is 0.181. The van der Waals surface area contributed by atoms with Crippen molar-refractivity contribution in [2.24, 2.45) is 0 Å². The van der Waals surface area contributed by atoms with Gasteiger partial charge in [-0.3, -0.25) is 0 Å². The van der Waals surface area contributed by atoms with E-state index in [1.54, 1.807) is 7.11 Å². The summed E-state index contributed by atoms with van der Waals surface area (Å²) >= 11 is 0. The summed E-state index contributed by atoms with van der Waals surface area (Å²) in [5, 5.41) is 0. The van der Waals surface area contributed by atoms with Crippen molar-refractivity contribution in [3.8, 4) is 0 Å². The highest BCUT2D eigenvalue weighted by Crippen LogP contribution is 2.39. The smallest absolute Gasteiger partial charge is 0.137 e. The highest BCUT2D eigenvalue weighted by atomic mass is 16.5. The third-order valence-corrected chi connectivity index (χ3v) is 3.67. The third-order valence-electron chi connectivity index (χ3n) is 3.67. The van der Waals surface area contributed by atoms with E-state index in [1.165, 1.54) is 12.8 Å². The minimum atomic E-state index is 0.273. The molecule has 0 aliphatic heterocycles. The molecule has 0 spiro atoms. The average molecular weight is 264 g/mol. The summed E-state index contributed by atoms with van der Waals surface area (Å²) in [7, 11) is 1.72. The van der Waals surface area contributed by atoms with Crippen LogP contribution in [0.4, 0.5) is 11.6 Å². The number of nitrogens with zero attached hydrogens (tertiary/aromatic N) is 3. The van der Waals surface area contributed by atoms with E-state index >= 15 is 0 Å². The van der Waals surface area contributed by atoms with Crippen molar-refractivity contribution in [2.75, 3.05) is 30.9 Å². The summed E-state index contributed by atoms with van der Waals surface area (Å²) in [5.41, 5.74) is 7.01. The fourth-order valence-corrected chi connectivity index (χ4v) is 2.34. The van der Waals surface area contributed by atoms with Crippen LogP contribution in [0, 0.1) is 6.92 Å². The van der Waals surface area contributed by atoms with Gasteiger partial charge in [0.15, 0.2) is 0 Å². The number of nitrogen functional groups attached to an aromatic ring is 1. The van der Waals surface area contributed by atoms with Crippen molar-refractivity contribution >= 4 is 11.6 Å². The summed E-state index contributed by atoms with van der Waals surface area (Å²) in [5.74, 6) is 2.98. The molecule has 1 atom stereocenters. The molecule has 2 rings (SSSR count). The number of anilines is 2. The van der Waals surface area contributed by atoms with Crippen LogP contribution in [0.15, 0.2) is 0 Å². The Morgan fingerprint density at radius 3 is 2.63 bits per heavy atom. The fourth-order valence-electron chi connectivity index (χ4n) is 2.34. The number of hydrogen-bond acceptors (Lipinski definition) is 5.